The van der Waals surface area contributed by atoms with E-state index in [4.69, 9.17) is 4.55 Å². The van der Waals surface area contributed by atoms with Gasteiger partial charge in [0.1, 0.15) is 12.1 Å². The number of anilines is 2. The Morgan fingerprint density at radius 3 is 2.00 bits per heavy atom. The zero-order chi connectivity index (χ0) is 29.8. The highest BCUT2D eigenvalue weighted by molar-refractivity contribution is 7.85. The Kier molecular flexibility index (Phi) is 8.26. The number of benzene rings is 3. The lowest BCUT2D eigenvalue weighted by atomic mass is 10.0. The molecule has 5 rings (SSSR count). The summed E-state index contributed by atoms with van der Waals surface area (Å²) in [5.41, 5.74) is -1.25. The lowest BCUT2D eigenvalue weighted by molar-refractivity contribution is -0.138. The van der Waals surface area contributed by atoms with Crippen molar-refractivity contribution in [2.24, 2.45) is 0 Å². The van der Waals surface area contributed by atoms with Gasteiger partial charge >= 0.3 is 12.4 Å². The molecule has 0 saturated carbocycles. The number of alkyl halides is 6. The molecule has 0 spiro atoms. The summed E-state index contributed by atoms with van der Waals surface area (Å²) in [6.07, 6.45) is -6.56. The Morgan fingerprint density at radius 1 is 0.732 bits per heavy atom. The van der Waals surface area contributed by atoms with Gasteiger partial charge in [0, 0.05) is 28.9 Å². The van der Waals surface area contributed by atoms with E-state index in [1.54, 1.807) is 24.3 Å². The molecule has 0 radical (unpaired) electrons. The molecule has 2 aromatic heterocycles. The van der Waals surface area contributed by atoms with Crippen molar-refractivity contribution in [2.75, 3.05) is 5.32 Å². The lowest BCUT2D eigenvalue weighted by Crippen LogP contribution is -2.08. The molecule has 0 atom stereocenters. The Bertz CT molecular complexity index is 1760. The monoisotopic (exact) mass is 592 g/mol. The van der Waals surface area contributed by atoms with Crippen molar-refractivity contribution in [3.63, 3.8) is 0 Å². The molecule has 0 aliphatic rings. The summed E-state index contributed by atoms with van der Waals surface area (Å²) in [6, 6.07) is 18.3. The molecule has 0 unspecified atom stereocenters. The molecule has 3 aromatic carbocycles. The van der Waals surface area contributed by atoms with Gasteiger partial charge in [0.05, 0.1) is 27.2 Å². The topological polar surface area (TPSA) is 105 Å². The van der Waals surface area contributed by atoms with Crippen LogP contribution in [0.25, 0.3) is 22.2 Å². The second-order valence-corrected chi connectivity index (χ2v) is 9.79. The van der Waals surface area contributed by atoms with Gasteiger partial charge in [0.2, 0.25) is 0 Å². The van der Waals surface area contributed by atoms with Crippen molar-refractivity contribution >= 4 is 32.5 Å². The summed E-state index contributed by atoms with van der Waals surface area (Å²) in [5.74, 6) is 0.124. The Morgan fingerprint density at radius 2 is 1.41 bits per heavy atom. The van der Waals surface area contributed by atoms with Crippen LogP contribution in [0.15, 0.2) is 102 Å². The van der Waals surface area contributed by atoms with Crippen LogP contribution in [-0.4, -0.2) is 27.9 Å². The van der Waals surface area contributed by atoms with Gasteiger partial charge < -0.3 is 5.32 Å². The molecule has 2 N–H and O–H groups in total. The summed E-state index contributed by atoms with van der Waals surface area (Å²) in [6.45, 7) is 0. The molecule has 41 heavy (non-hydrogen) atoms. The lowest BCUT2D eigenvalue weighted by Gasteiger charge is -2.14. The zero-order valence-electron chi connectivity index (χ0n) is 20.5. The first-order valence-corrected chi connectivity index (χ1v) is 12.9. The molecule has 0 aliphatic heterocycles. The van der Waals surface area contributed by atoms with E-state index in [1.807, 2.05) is 0 Å². The summed E-state index contributed by atoms with van der Waals surface area (Å²) in [7, 11) is -4.00. The Hall–Kier alpha value is -4.56. The standard InChI is InChI=1S/C21H12F6N4.C6H6O3S/c22-20(23,24)13-3-5-14(6-4-13)31-19-10-18(29-11-30-19)15-9-17-12(2-1-7-28-17)8-16(15)21(25,26)27;7-10(8,9)6-4-2-1-3-5-6/h1-11H,(H,29,30,31);1-5H,(H,7,8,9). The van der Waals surface area contributed by atoms with Crippen molar-refractivity contribution in [1.29, 1.82) is 0 Å². The molecule has 14 heteroatoms. The SMILES string of the molecule is FC(F)(F)c1ccc(Nc2cc(-c3cc4ncccc4cc3C(F)(F)F)ncn2)cc1.O=S(=O)(O)c1ccccc1. The maximum Gasteiger partial charge on any atom is 0.417 e. The molecule has 212 valence electrons. The molecule has 0 fully saturated rings. The predicted molar refractivity (Wildman–Crippen MR) is 139 cm³/mol. The van der Waals surface area contributed by atoms with Gasteiger partial charge in [-0.2, -0.15) is 34.8 Å². The average Bonchev–Trinajstić information content (AvgIpc) is 2.92. The van der Waals surface area contributed by atoms with Crippen LogP contribution >= 0.6 is 0 Å². The van der Waals surface area contributed by atoms with Gasteiger partial charge in [-0.3, -0.25) is 9.54 Å². The van der Waals surface area contributed by atoms with Crippen molar-refractivity contribution in [1.82, 2.24) is 15.0 Å². The van der Waals surface area contributed by atoms with Crippen molar-refractivity contribution < 1.29 is 39.3 Å². The van der Waals surface area contributed by atoms with E-state index in [9.17, 15) is 34.8 Å². The second-order valence-electron chi connectivity index (χ2n) is 8.37. The maximum atomic E-state index is 13.7. The number of pyridine rings is 1. The predicted octanol–water partition coefficient (Wildman–Crippen LogP) is 7.41. The highest BCUT2D eigenvalue weighted by Gasteiger charge is 2.34. The van der Waals surface area contributed by atoms with E-state index in [1.165, 1.54) is 48.7 Å². The van der Waals surface area contributed by atoms with Crippen LogP contribution in [0.4, 0.5) is 37.8 Å². The molecule has 0 bridgehead atoms. The van der Waals surface area contributed by atoms with Crippen LogP contribution in [0.1, 0.15) is 11.1 Å². The highest BCUT2D eigenvalue weighted by Crippen LogP contribution is 2.39. The largest absolute Gasteiger partial charge is 0.417 e. The smallest absolute Gasteiger partial charge is 0.340 e. The van der Waals surface area contributed by atoms with Crippen molar-refractivity contribution in [3.8, 4) is 11.3 Å². The van der Waals surface area contributed by atoms with Crippen LogP contribution in [0.3, 0.4) is 0 Å². The fourth-order valence-corrected chi connectivity index (χ4v) is 4.12. The number of halogens is 6. The third kappa shape index (κ3) is 7.55. The minimum absolute atomic E-state index is 0.00992. The van der Waals surface area contributed by atoms with Gasteiger partial charge in [-0.15, -0.1) is 0 Å². The van der Waals surface area contributed by atoms with Crippen LogP contribution in [-0.2, 0) is 22.5 Å². The van der Waals surface area contributed by atoms with E-state index in [0.29, 0.717) is 10.9 Å². The molecular formula is C27H18F6N4O3S. The van der Waals surface area contributed by atoms with Gasteiger partial charge in [0.25, 0.3) is 10.1 Å². The van der Waals surface area contributed by atoms with Gasteiger partial charge in [-0.05, 0) is 54.6 Å². The number of rotatable bonds is 4. The van der Waals surface area contributed by atoms with Crippen LogP contribution in [0.2, 0.25) is 0 Å². The number of nitrogens with zero attached hydrogens (tertiary/aromatic N) is 3. The summed E-state index contributed by atoms with van der Waals surface area (Å²) < 4.78 is 108. The Labute approximate surface area is 229 Å². The first-order valence-electron chi connectivity index (χ1n) is 11.5. The van der Waals surface area contributed by atoms with E-state index in [0.717, 1.165) is 24.5 Å². The van der Waals surface area contributed by atoms with E-state index in [-0.39, 0.29) is 27.7 Å². The maximum absolute atomic E-state index is 13.7. The molecule has 0 amide bonds. The fraction of sp³-hybridized carbons (Fsp3) is 0.0741. The Balaban J connectivity index is 0.000000328. The third-order valence-corrected chi connectivity index (χ3v) is 6.38. The fourth-order valence-electron chi connectivity index (χ4n) is 3.62. The minimum atomic E-state index is -4.63. The third-order valence-electron chi connectivity index (χ3n) is 5.52. The minimum Gasteiger partial charge on any atom is -0.340 e. The number of hydrogen-bond acceptors (Lipinski definition) is 6. The second kappa shape index (κ2) is 11.5. The van der Waals surface area contributed by atoms with E-state index >= 15 is 0 Å². The number of fused-ring (bicyclic) bond motifs is 1. The first kappa shape index (κ1) is 29.4. The van der Waals surface area contributed by atoms with Crippen LogP contribution in [0, 0.1) is 0 Å². The van der Waals surface area contributed by atoms with Crippen molar-refractivity contribution in [2.45, 2.75) is 17.2 Å². The number of nitrogens with one attached hydrogen (secondary N) is 1. The molecule has 0 saturated heterocycles. The molecule has 2 heterocycles. The summed E-state index contributed by atoms with van der Waals surface area (Å²) in [4.78, 5) is 11.9. The number of hydrogen-bond donors (Lipinski definition) is 2. The summed E-state index contributed by atoms with van der Waals surface area (Å²) in [5, 5.41) is 3.10. The zero-order valence-corrected chi connectivity index (χ0v) is 21.3. The normalized spacial score (nSPS) is 12.0. The first-order chi connectivity index (χ1) is 19.2. The van der Waals surface area contributed by atoms with Crippen LogP contribution in [0.5, 0.6) is 0 Å². The van der Waals surface area contributed by atoms with Gasteiger partial charge in [0.15, 0.2) is 0 Å². The van der Waals surface area contributed by atoms with E-state index in [2.05, 4.69) is 20.3 Å². The van der Waals surface area contributed by atoms with Gasteiger partial charge in [-0.25, -0.2) is 9.97 Å². The quantitative estimate of drug-likeness (QED) is 0.165. The van der Waals surface area contributed by atoms with E-state index < -0.39 is 33.6 Å². The molecule has 5 aromatic rings. The number of aromatic nitrogens is 3. The summed E-state index contributed by atoms with van der Waals surface area (Å²) >= 11 is 0. The highest BCUT2D eigenvalue weighted by atomic mass is 32.2. The average molecular weight is 593 g/mol. The van der Waals surface area contributed by atoms with Crippen molar-refractivity contribution in [3.05, 3.63) is 109 Å². The molecule has 7 nitrogen and oxygen atoms in total. The molecule has 0 aliphatic carbocycles. The molecular weight excluding hydrogens is 574 g/mol. The van der Waals surface area contributed by atoms with Crippen LogP contribution < -0.4 is 5.32 Å². The van der Waals surface area contributed by atoms with Gasteiger partial charge in [-0.1, -0.05) is 24.3 Å².